The number of hydrogen-bond donors (Lipinski definition) is 1. The molecule has 0 aromatic heterocycles. The maximum Gasteiger partial charge on any atom is 0.143 e. The Bertz CT molecular complexity index is 410. The van der Waals surface area contributed by atoms with Crippen molar-refractivity contribution < 1.29 is 4.74 Å². The molecular weight excluding hydrogens is 214 g/mol. The van der Waals surface area contributed by atoms with Gasteiger partial charge in [0.1, 0.15) is 5.75 Å². The van der Waals surface area contributed by atoms with E-state index in [0.717, 1.165) is 5.69 Å². The van der Waals surface area contributed by atoms with Gasteiger partial charge in [-0.2, -0.15) is 5.26 Å². The van der Waals surface area contributed by atoms with Crippen LogP contribution in [0.15, 0.2) is 18.2 Å². The summed E-state index contributed by atoms with van der Waals surface area (Å²) in [5.41, 5.74) is 7.43. The van der Waals surface area contributed by atoms with Crippen molar-refractivity contribution in [1.29, 1.82) is 5.26 Å². The van der Waals surface area contributed by atoms with Crippen LogP contribution in [-0.4, -0.2) is 19.7 Å². The number of ether oxygens (including phenoxy) is 1. The molecule has 0 radical (unpaired) electrons. The largest absolute Gasteiger partial charge is 0.495 e. The maximum absolute atomic E-state index is 8.67. The van der Waals surface area contributed by atoms with Gasteiger partial charge in [0.05, 0.1) is 25.3 Å². The Hall–Kier alpha value is -1.89. The molecule has 1 rings (SSSR count). The average molecular weight is 233 g/mol. The van der Waals surface area contributed by atoms with Crippen LogP contribution in [0.5, 0.6) is 5.75 Å². The molecule has 4 nitrogen and oxygen atoms in total. The van der Waals surface area contributed by atoms with Crippen molar-refractivity contribution in [2.24, 2.45) is 0 Å². The average Bonchev–Trinajstić information content (AvgIpc) is 2.31. The van der Waals surface area contributed by atoms with E-state index in [1.807, 2.05) is 18.2 Å². The zero-order chi connectivity index (χ0) is 12.8. The van der Waals surface area contributed by atoms with Crippen molar-refractivity contribution in [3.8, 4) is 11.8 Å². The van der Waals surface area contributed by atoms with Gasteiger partial charge in [-0.3, -0.25) is 0 Å². The van der Waals surface area contributed by atoms with E-state index < -0.39 is 0 Å². The molecule has 0 spiro atoms. The van der Waals surface area contributed by atoms with E-state index in [-0.39, 0.29) is 0 Å². The van der Waals surface area contributed by atoms with Gasteiger partial charge in [0, 0.05) is 24.3 Å². The highest BCUT2D eigenvalue weighted by atomic mass is 16.5. The second-order valence-corrected chi connectivity index (χ2v) is 4.12. The van der Waals surface area contributed by atoms with Crippen LogP contribution in [-0.2, 0) is 0 Å². The van der Waals surface area contributed by atoms with Gasteiger partial charge in [-0.15, -0.1) is 0 Å². The Balaban J connectivity index is 2.98. The van der Waals surface area contributed by atoms with Crippen molar-refractivity contribution in [3.05, 3.63) is 18.2 Å². The molecule has 4 heteroatoms. The Morgan fingerprint density at radius 1 is 1.47 bits per heavy atom. The molecule has 0 saturated carbocycles. The van der Waals surface area contributed by atoms with Gasteiger partial charge in [-0.05, 0) is 26.0 Å². The monoisotopic (exact) mass is 233 g/mol. The lowest BCUT2D eigenvalue weighted by Gasteiger charge is -2.28. The molecule has 0 heterocycles. The van der Waals surface area contributed by atoms with Gasteiger partial charge < -0.3 is 15.4 Å². The first-order valence-corrected chi connectivity index (χ1v) is 5.67. The van der Waals surface area contributed by atoms with E-state index in [1.165, 1.54) is 0 Å². The number of hydrogen-bond acceptors (Lipinski definition) is 4. The number of benzene rings is 1. The molecule has 0 unspecified atom stereocenters. The fraction of sp³-hybridized carbons (Fsp3) is 0.462. The summed E-state index contributed by atoms with van der Waals surface area (Å²) >= 11 is 0. The fourth-order valence-electron chi connectivity index (χ4n) is 1.73. The lowest BCUT2D eigenvalue weighted by molar-refractivity contribution is 0.417. The van der Waals surface area contributed by atoms with Crippen molar-refractivity contribution in [3.63, 3.8) is 0 Å². The van der Waals surface area contributed by atoms with Gasteiger partial charge in [-0.1, -0.05) is 0 Å². The lowest BCUT2D eigenvalue weighted by Crippen LogP contribution is -2.31. The summed E-state index contributed by atoms with van der Waals surface area (Å²) in [4.78, 5) is 2.16. The molecule has 1 aromatic rings. The molecule has 0 atom stereocenters. The molecule has 0 aliphatic carbocycles. The zero-order valence-corrected chi connectivity index (χ0v) is 10.6. The number of rotatable bonds is 5. The summed E-state index contributed by atoms with van der Waals surface area (Å²) in [5.74, 6) is 0.671. The molecule has 1 aromatic carbocycles. The Labute approximate surface area is 103 Å². The lowest BCUT2D eigenvalue weighted by atomic mass is 10.2. The van der Waals surface area contributed by atoms with Gasteiger partial charge in [0.25, 0.3) is 0 Å². The number of nitrogens with two attached hydrogens (primary N) is 1. The van der Waals surface area contributed by atoms with Crippen molar-refractivity contribution in [2.75, 3.05) is 24.3 Å². The van der Waals surface area contributed by atoms with E-state index in [4.69, 9.17) is 15.7 Å². The normalized spacial score (nSPS) is 10.1. The predicted molar refractivity (Wildman–Crippen MR) is 70.1 cm³/mol. The Kier molecular flexibility index (Phi) is 4.65. The molecule has 0 saturated heterocycles. The number of nitriles is 1. The number of methoxy groups -OCH3 is 1. The quantitative estimate of drug-likeness (QED) is 0.793. The minimum Gasteiger partial charge on any atom is -0.495 e. The highest BCUT2D eigenvalue weighted by Gasteiger charge is 2.12. The van der Waals surface area contributed by atoms with Crippen molar-refractivity contribution in [2.45, 2.75) is 26.3 Å². The second kappa shape index (κ2) is 6.00. The fourth-order valence-corrected chi connectivity index (χ4v) is 1.73. The van der Waals surface area contributed by atoms with Gasteiger partial charge in [-0.25, -0.2) is 0 Å². The summed E-state index contributed by atoms with van der Waals surface area (Å²) < 4.78 is 5.20. The van der Waals surface area contributed by atoms with Crippen LogP contribution in [0.2, 0.25) is 0 Å². The smallest absolute Gasteiger partial charge is 0.143 e. The summed E-state index contributed by atoms with van der Waals surface area (Å²) in [6, 6.07) is 8.19. The topological polar surface area (TPSA) is 62.3 Å². The molecule has 0 bridgehead atoms. The second-order valence-electron chi connectivity index (χ2n) is 4.12. The first-order valence-electron chi connectivity index (χ1n) is 5.67. The van der Waals surface area contributed by atoms with E-state index in [9.17, 15) is 0 Å². The molecular formula is C13H19N3O. The van der Waals surface area contributed by atoms with E-state index in [2.05, 4.69) is 24.8 Å². The van der Waals surface area contributed by atoms with Crippen LogP contribution in [0.25, 0.3) is 0 Å². The first kappa shape index (κ1) is 13.2. The molecule has 2 N–H and O–H groups in total. The highest BCUT2D eigenvalue weighted by Crippen LogP contribution is 2.28. The maximum atomic E-state index is 8.67. The summed E-state index contributed by atoms with van der Waals surface area (Å²) in [7, 11) is 1.60. The third-order valence-corrected chi connectivity index (χ3v) is 2.64. The minimum absolute atomic E-state index is 0.330. The molecule has 92 valence electrons. The minimum atomic E-state index is 0.330. The van der Waals surface area contributed by atoms with Crippen LogP contribution >= 0.6 is 0 Å². The Morgan fingerprint density at radius 2 is 2.18 bits per heavy atom. The summed E-state index contributed by atoms with van der Waals surface area (Å²) in [5, 5.41) is 8.67. The van der Waals surface area contributed by atoms with E-state index in [1.54, 1.807) is 7.11 Å². The molecule has 0 aliphatic heterocycles. The summed E-state index contributed by atoms with van der Waals surface area (Å²) in [6.45, 7) is 4.90. The van der Waals surface area contributed by atoms with Crippen molar-refractivity contribution in [1.82, 2.24) is 0 Å². The third-order valence-electron chi connectivity index (χ3n) is 2.64. The molecule has 17 heavy (non-hydrogen) atoms. The highest BCUT2D eigenvalue weighted by molar-refractivity contribution is 5.62. The van der Waals surface area contributed by atoms with Gasteiger partial charge in [0.2, 0.25) is 0 Å². The number of nitrogen functional groups attached to an aromatic ring is 1. The first-order chi connectivity index (χ1) is 8.10. The van der Waals surface area contributed by atoms with Crippen LogP contribution < -0.4 is 15.4 Å². The standard InChI is InChI=1S/C13H19N3O/c1-10(2)16(8-4-7-14)11-5-6-12(15)13(9-11)17-3/h5-6,9-10H,4,8,15H2,1-3H3. The summed E-state index contributed by atoms with van der Waals surface area (Å²) in [6.07, 6.45) is 0.505. The van der Waals surface area contributed by atoms with Crippen LogP contribution in [0.1, 0.15) is 20.3 Å². The van der Waals surface area contributed by atoms with E-state index in [0.29, 0.717) is 30.4 Å². The predicted octanol–water partition coefficient (Wildman–Crippen LogP) is 2.41. The van der Waals surface area contributed by atoms with E-state index >= 15 is 0 Å². The van der Waals surface area contributed by atoms with Gasteiger partial charge >= 0.3 is 0 Å². The third kappa shape index (κ3) is 3.28. The SMILES string of the molecule is COc1cc(N(CCC#N)C(C)C)ccc1N. The van der Waals surface area contributed by atoms with Crippen LogP contribution in [0.4, 0.5) is 11.4 Å². The van der Waals surface area contributed by atoms with Gasteiger partial charge in [0.15, 0.2) is 0 Å². The molecule has 0 aliphatic rings. The number of nitrogens with zero attached hydrogens (tertiary/aromatic N) is 2. The number of anilines is 2. The zero-order valence-electron chi connectivity index (χ0n) is 10.6. The molecule has 0 fully saturated rings. The Morgan fingerprint density at radius 3 is 2.71 bits per heavy atom. The molecule has 0 amide bonds. The van der Waals surface area contributed by atoms with Crippen LogP contribution in [0.3, 0.4) is 0 Å². The van der Waals surface area contributed by atoms with Crippen molar-refractivity contribution >= 4 is 11.4 Å². The van der Waals surface area contributed by atoms with Crippen LogP contribution in [0, 0.1) is 11.3 Å².